The highest BCUT2D eigenvalue weighted by molar-refractivity contribution is 9.10. The molecule has 2 amide bonds. The summed E-state index contributed by atoms with van der Waals surface area (Å²) in [7, 11) is 0. The van der Waals surface area contributed by atoms with Crippen molar-refractivity contribution < 1.29 is 29.6 Å². The molecule has 2 saturated heterocycles. The number of rotatable bonds is 4. The van der Waals surface area contributed by atoms with E-state index in [9.17, 15) is 24.9 Å². The summed E-state index contributed by atoms with van der Waals surface area (Å²) in [6.07, 6.45) is 0.525. The molecule has 1 saturated carbocycles. The van der Waals surface area contributed by atoms with Crippen LogP contribution in [0.5, 0.6) is 5.75 Å². The first-order valence-corrected chi connectivity index (χ1v) is 10.5. The Morgan fingerprint density at radius 2 is 2.04 bits per heavy atom. The Hall–Kier alpha value is -1.48. The second-order valence-corrected chi connectivity index (χ2v) is 8.89. The van der Waals surface area contributed by atoms with Crippen LogP contribution in [-0.4, -0.2) is 51.0 Å². The van der Waals surface area contributed by atoms with Crippen LogP contribution in [0, 0.1) is 23.7 Å². The summed E-state index contributed by atoms with van der Waals surface area (Å²) in [5, 5.41) is 31.5. The Bertz CT molecular complexity index is 816. The van der Waals surface area contributed by atoms with Crippen molar-refractivity contribution in [3.05, 3.63) is 28.2 Å². The number of carbonyl (C=O) groups is 2. The molecule has 0 spiro atoms. The maximum atomic E-state index is 13.0. The standard InChI is InChI=1S/C20H24BrNO6/c1-2-5-22-18(25)13-6-10(9-23)20(27)14(17(13)19(22)26)8-16(28-20)12-7-11(21)3-4-15(12)24/h3-4,7,10,13-14,16-17,23-24,27H,2,5-6,8-9H2,1H3/t10-,13+,14+,16+,17+,20-/m1/s1. The number of fused-ring (bicyclic) bond motifs is 3. The summed E-state index contributed by atoms with van der Waals surface area (Å²) < 4.78 is 6.75. The smallest absolute Gasteiger partial charge is 0.233 e. The van der Waals surface area contributed by atoms with E-state index in [4.69, 9.17) is 4.74 Å². The summed E-state index contributed by atoms with van der Waals surface area (Å²) >= 11 is 3.37. The van der Waals surface area contributed by atoms with E-state index in [1.54, 1.807) is 12.1 Å². The number of phenols is 1. The number of aliphatic hydroxyl groups is 2. The van der Waals surface area contributed by atoms with Crippen molar-refractivity contribution in [2.75, 3.05) is 13.2 Å². The molecular weight excluding hydrogens is 430 g/mol. The molecule has 4 rings (SSSR count). The average Bonchev–Trinajstić information content (AvgIpc) is 3.13. The van der Waals surface area contributed by atoms with Gasteiger partial charge in [0.2, 0.25) is 11.8 Å². The van der Waals surface area contributed by atoms with E-state index in [2.05, 4.69) is 15.9 Å². The van der Waals surface area contributed by atoms with Crippen molar-refractivity contribution in [3.8, 4) is 5.75 Å². The first-order chi connectivity index (χ1) is 13.3. The number of hydrogen-bond acceptors (Lipinski definition) is 6. The lowest BCUT2D eigenvalue weighted by molar-refractivity contribution is -0.274. The minimum atomic E-state index is -1.71. The lowest BCUT2D eigenvalue weighted by Gasteiger charge is -2.44. The molecule has 2 heterocycles. The van der Waals surface area contributed by atoms with Crippen molar-refractivity contribution >= 4 is 27.7 Å². The molecule has 28 heavy (non-hydrogen) atoms. The van der Waals surface area contributed by atoms with Gasteiger partial charge in [-0.2, -0.15) is 0 Å². The number of hydrogen-bond donors (Lipinski definition) is 3. The number of imide groups is 1. The van der Waals surface area contributed by atoms with Crippen LogP contribution in [-0.2, 0) is 14.3 Å². The molecule has 8 heteroatoms. The van der Waals surface area contributed by atoms with Gasteiger partial charge in [-0.3, -0.25) is 14.5 Å². The Kier molecular flexibility index (Phi) is 5.02. The van der Waals surface area contributed by atoms with Gasteiger partial charge in [-0.25, -0.2) is 0 Å². The van der Waals surface area contributed by atoms with Crippen LogP contribution in [0.1, 0.15) is 37.9 Å². The van der Waals surface area contributed by atoms with Crippen LogP contribution < -0.4 is 0 Å². The first-order valence-electron chi connectivity index (χ1n) is 9.66. The molecule has 1 aliphatic carbocycles. The highest BCUT2D eigenvalue weighted by Crippen LogP contribution is 2.58. The van der Waals surface area contributed by atoms with Gasteiger partial charge >= 0.3 is 0 Å². The fourth-order valence-electron chi connectivity index (χ4n) is 5.18. The minimum Gasteiger partial charge on any atom is -0.508 e. The van der Waals surface area contributed by atoms with Crippen LogP contribution in [0.25, 0.3) is 0 Å². The van der Waals surface area contributed by atoms with Crippen LogP contribution in [0.4, 0.5) is 0 Å². The molecule has 1 aromatic carbocycles. The number of ether oxygens (including phenoxy) is 1. The number of aliphatic hydroxyl groups excluding tert-OH is 1. The number of nitrogens with zero attached hydrogens (tertiary/aromatic N) is 1. The Labute approximate surface area is 171 Å². The molecule has 152 valence electrons. The summed E-state index contributed by atoms with van der Waals surface area (Å²) in [6, 6.07) is 4.95. The monoisotopic (exact) mass is 453 g/mol. The molecule has 3 aliphatic rings. The van der Waals surface area contributed by atoms with Gasteiger partial charge in [0.25, 0.3) is 0 Å². The fraction of sp³-hybridized carbons (Fsp3) is 0.600. The van der Waals surface area contributed by atoms with E-state index in [-0.39, 0.29) is 37.0 Å². The van der Waals surface area contributed by atoms with Gasteiger partial charge in [0.05, 0.1) is 24.5 Å². The quantitative estimate of drug-likeness (QED) is 0.601. The first kappa shape index (κ1) is 19.8. The zero-order chi connectivity index (χ0) is 20.2. The molecule has 3 N–H and O–H groups in total. The van der Waals surface area contributed by atoms with Gasteiger partial charge in [0, 0.05) is 28.4 Å². The third kappa shape index (κ3) is 2.81. The molecular formula is C20H24BrNO6. The average molecular weight is 454 g/mol. The number of carbonyl (C=O) groups excluding carboxylic acids is 2. The van der Waals surface area contributed by atoms with Gasteiger partial charge in [0.15, 0.2) is 5.79 Å². The molecule has 0 bridgehead atoms. The topological polar surface area (TPSA) is 107 Å². The highest BCUT2D eigenvalue weighted by Gasteiger charge is 2.66. The molecule has 6 atom stereocenters. The van der Waals surface area contributed by atoms with Gasteiger partial charge in [-0.1, -0.05) is 22.9 Å². The summed E-state index contributed by atoms with van der Waals surface area (Å²) in [5.74, 6) is -4.65. The molecule has 0 aromatic heterocycles. The molecule has 1 aromatic rings. The summed E-state index contributed by atoms with van der Waals surface area (Å²) in [6.45, 7) is 1.92. The lowest BCUT2D eigenvalue weighted by atomic mass is 9.64. The van der Waals surface area contributed by atoms with Crippen LogP contribution >= 0.6 is 15.9 Å². The second kappa shape index (κ2) is 7.09. The SMILES string of the molecule is CCCN1C(=O)[C@H]2[C@H](C[C@H](CO)[C@@]3(O)O[C@H](c4cc(Br)ccc4O)C[C@@H]23)C1=O. The predicted octanol–water partition coefficient (Wildman–Crippen LogP) is 1.94. The van der Waals surface area contributed by atoms with Crippen molar-refractivity contribution in [2.45, 2.75) is 38.1 Å². The van der Waals surface area contributed by atoms with Gasteiger partial charge in [-0.15, -0.1) is 0 Å². The molecule has 7 nitrogen and oxygen atoms in total. The van der Waals surface area contributed by atoms with Crippen molar-refractivity contribution in [1.82, 2.24) is 4.90 Å². The van der Waals surface area contributed by atoms with E-state index in [0.717, 1.165) is 4.47 Å². The fourth-order valence-corrected chi connectivity index (χ4v) is 5.56. The normalized spacial score (nSPS) is 37.3. The van der Waals surface area contributed by atoms with Crippen LogP contribution in [0.3, 0.4) is 0 Å². The number of aromatic hydroxyl groups is 1. The van der Waals surface area contributed by atoms with Crippen LogP contribution in [0.15, 0.2) is 22.7 Å². The molecule has 3 fully saturated rings. The van der Waals surface area contributed by atoms with Gasteiger partial charge < -0.3 is 20.1 Å². The lowest BCUT2D eigenvalue weighted by Crippen LogP contribution is -2.54. The number of phenolic OH excluding ortho intramolecular Hbond substituents is 1. The maximum Gasteiger partial charge on any atom is 0.233 e. The number of benzene rings is 1. The number of likely N-dealkylation sites (tertiary alicyclic amines) is 1. The number of amides is 2. The third-order valence-electron chi connectivity index (χ3n) is 6.46. The second-order valence-electron chi connectivity index (χ2n) is 7.98. The predicted molar refractivity (Wildman–Crippen MR) is 102 cm³/mol. The third-order valence-corrected chi connectivity index (χ3v) is 6.95. The zero-order valence-corrected chi connectivity index (χ0v) is 17.1. The van der Waals surface area contributed by atoms with Crippen molar-refractivity contribution in [2.24, 2.45) is 23.7 Å². The van der Waals surface area contributed by atoms with E-state index in [1.165, 1.54) is 11.0 Å². The van der Waals surface area contributed by atoms with E-state index >= 15 is 0 Å². The Morgan fingerprint density at radius 1 is 1.29 bits per heavy atom. The van der Waals surface area contributed by atoms with E-state index in [1.807, 2.05) is 6.92 Å². The van der Waals surface area contributed by atoms with Crippen molar-refractivity contribution in [3.63, 3.8) is 0 Å². The Morgan fingerprint density at radius 3 is 2.71 bits per heavy atom. The number of halogens is 1. The Balaban J connectivity index is 1.72. The largest absolute Gasteiger partial charge is 0.508 e. The van der Waals surface area contributed by atoms with Crippen LogP contribution in [0.2, 0.25) is 0 Å². The summed E-state index contributed by atoms with van der Waals surface area (Å²) in [5.41, 5.74) is 0.507. The van der Waals surface area contributed by atoms with Gasteiger partial charge in [0.1, 0.15) is 5.75 Å². The zero-order valence-electron chi connectivity index (χ0n) is 15.5. The molecule has 0 radical (unpaired) electrons. The van der Waals surface area contributed by atoms with E-state index in [0.29, 0.717) is 18.5 Å². The molecule has 0 unspecified atom stereocenters. The van der Waals surface area contributed by atoms with E-state index < -0.39 is 35.6 Å². The molecule has 2 aliphatic heterocycles. The summed E-state index contributed by atoms with van der Waals surface area (Å²) in [4.78, 5) is 27.1. The minimum absolute atomic E-state index is 0.0361. The maximum absolute atomic E-state index is 13.0. The van der Waals surface area contributed by atoms with Crippen molar-refractivity contribution in [1.29, 1.82) is 0 Å². The van der Waals surface area contributed by atoms with Gasteiger partial charge in [-0.05, 0) is 37.5 Å². The highest BCUT2D eigenvalue weighted by atomic mass is 79.9.